The number of fused-ring (bicyclic) bond motifs is 2. The topological polar surface area (TPSA) is 163 Å². The van der Waals surface area contributed by atoms with Crippen molar-refractivity contribution in [1.29, 1.82) is 5.41 Å². The molecular weight excluding hydrogens is 410 g/mol. The van der Waals surface area contributed by atoms with E-state index in [0.29, 0.717) is 25.1 Å². The number of nitrogens with one attached hydrogen (secondary N) is 3. The van der Waals surface area contributed by atoms with Crippen molar-refractivity contribution in [2.75, 3.05) is 6.54 Å². The molecule has 0 fully saturated rings. The Labute approximate surface area is 183 Å². The molecule has 0 aliphatic rings. The average Bonchev–Trinajstić information content (AvgIpc) is 3.32. The Morgan fingerprint density at radius 3 is 2.72 bits per heavy atom. The van der Waals surface area contributed by atoms with Crippen LogP contribution < -0.4 is 11.1 Å². The van der Waals surface area contributed by atoms with Crippen molar-refractivity contribution in [3.05, 3.63) is 59.7 Å². The van der Waals surface area contributed by atoms with Gasteiger partial charge in [-0.1, -0.05) is 12.1 Å². The van der Waals surface area contributed by atoms with Crippen LogP contribution in [0.2, 0.25) is 0 Å². The molecule has 0 spiro atoms. The largest absolute Gasteiger partial charge is 0.481 e. The number of para-hydroxylation sites is 2. The van der Waals surface area contributed by atoms with Gasteiger partial charge >= 0.3 is 5.97 Å². The van der Waals surface area contributed by atoms with Crippen LogP contribution in [0.5, 0.6) is 0 Å². The van der Waals surface area contributed by atoms with Gasteiger partial charge in [0.1, 0.15) is 17.5 Å². The molecule has 10 nitrogen and oxygen atoms in total. The summed E-state index contributed by atoms with van der Waals surface area (Å²) in [6.45, 7) is 0.845. The predicted molar refractivity (Wildman–Crippen MR) is 120 cm³/mol. The van der Waals surface area contributed by atoms with E-state index >= 15 is 0 Å². The smallest absolute Gasteiger partial charge is 0.303 e. The number of imidazole rings is 2. The second kappa shape index (κ2) is 8.88. The van der Waals surface area contributed by atoms with Crippen LogP contribution >= 0.6 is 0 Å². The van der Waals surface area contributed by atoms with Crippen LogP contribution in [0.1, 0.15) is 30.1 Å². The Kier molecular flexibility index (Phi) is 5.84. The number of aromatic amines is 1. The first-order chi connectivity index (χ1) is 15.4. The molecular formula is C22H23N7O3. The number of carbonyl (C=O) groups is 2. The number of nitrogens with zero attached hydrogens (tertiary/aromatic N) is 3. The van der Waals surface area contributed by atoms with E-state index in [4.69, 9.17) is 21.2 Å². The maximum absolute atomic E-state index is 11.9. The molecule has 4 rings (SSSR count). The Balaban J connectivity index is 1.55. The summed E-state index contributed by atoms with van der Waals surface area (Å²) in [5.41, 5.74) is 9.54. The van der Waals surface area contributed by atoms with Gasteiger partial charge in [-0.15, -0.1) is 0 Å². The molecule has 1 amide bonds. The van der Waals surface area contributed by atoms with Gasteiger partial charge in [-0.3, -0.25) is 15.0 Å². The molecule has 0 aliphatic heterocycles. The van der Waals surface area contributed by atoms with E-state index < -0.39 is 5.97 Å². The Morgan fingerprint density at radius 2 is 1.94 bits per heavy atom. The van der Waals surface area contributed by atoms with Gasteiger partial charge in [0.2, 0.25) is 5.91 Å². The number of carboxylic acid groups (broad SMARTS) is 1. The number of carboxylic acids is 1. The minimum absolute atomic E-state index is 0.0105. The quantitative estimate of drug-likeness (QED) is 0.199. The number of nitrogens with two attached hydrogens (primary N) is 1. The Morgan fingerprint density at radius 1 is 1.12 bits per heavy atom. The van der Waals surface area contributed by atoms with Crippen LogP contribution in [0, 0.1) is 5.41 Å². The van der Waals surface area contributed by atoms with E-state index in [2.05, 4.69) is 15.3 Å². The molecule has 0 aliphatic carbocycles. The van der Waals surface area contributed by atoms with Gasteiger partial charge in [0.05, 0.1) is 34.9 Å². The van der Waals surface area contributed by atoms with Crippen LogP contribution in [0.25, 0.3) is 22.1 Å². The molecule has 2 heterocycles. The number of nitrogen functional groups attached to an aromatic ring is 1. The lowest BCUT2D eigenvalue weighted by Crippen LogP contribution is -2.28. The number of amides is 1. The normalized spacial score (nSPS) is 11.1. The summed E-state index contributed by atoms with van der Waals surface area (Å²) in [4.78, 5) is 35.1. The highest BCUT2D eigenvalue weighted by Gasteiger charge is 2.14. The zero-order valence-corrected chi connectivity index (χ0v) is 17.3. The zero-order chi connectivity index (χ0) is 22.7. The number of carbonyl (C=O) groups excluding carboxylic acids is 1. The zero-order valence-electron chi connectivity index (χ0n) is 17.3. The molecule has 2 aromatic carbocycles. The summed E-state index contributed by atoms with van der Waals surface area (Å²) in [7, 11) is 0. The lowest BCUT2D eigenvalue weighted by Gasteiger charge is -2.10. The van der Waals surface area contributed by atoms with Crippen molar-refractivity contribution in [1.82, 2.24) is 24.8 Å². The summed E-state index contributed by atoms with van der Waals surface area (Å²) < 4.78 is 2.03. The first kappa shape index (κ1) is 21.0. The standard InChI is InChI=1S/C22H23N7O3/c23-22(24)13-5-6-14-16(11-13)27-18(26-14)12-19-28-15-3-1-2-4-17(15)29(19)10-9-25-20(30)7-8-21(31)32/h1-6,11H,7-10,12H2,(H3,23,24)(H,25,30)(H,26,27)(H,31,32). The Hall–Kier alpha value is -4.21. The minimum Gasteiger partial charge on any atom is -0.481 e. The fourth-order valence-electron chi connectivity index (χ4n) is 3.59. The number of amidine groups is 1. The molecule has 164 valence electrons. The van der Waals surface area contributed by atoms with E-state index in [-0.39, 0.29) is 24.6 Å². The summed E-state index contributed by atoms with van der Waals surface area (Å²) in [5.74, 6) is 0.212. The van der Waals surface area contributed by atoms with E-state index in [9.17, 15) is 9.59 Å². The molecule has 2 aromatic heterocycles. The third kappa shape index (κ3) is 4.59. The number of rotatable bonds is 9. The first-order valence-electron chi connectivity index (χ1n) is 10.2. The van der Waals surface area contributed by atoms with Crippen molar-refractivity contribution in [3.8, 4) is 0 Å². The third-order valence-electron chi connectivity index (χ3n) is 5.13. The average molecular weight is 433 g/mol. The van der Waals surface area contributed by atoms with E-state index in [0.717, 1.165) is 33.7 Å². The lowest BCUT2D eigenvalue weighted by atomic mass is 10.2. The van der Waals surface area contributed by atoms with Crippen LogP contribution in [-0.4, -0.2) is 48.9 Å². The molecule has 0 atom stereocenters. The number of benzene rings is 2. The van der Waals surface area contributed by atoms with Gasteiger partial charge in [-0.05, 0) is 30.3 Å². The van der Waals surface area contributed by atoms with Crippen molar-refractivity contribution in [2.24, 2.45) is 5.73 Å². The van der Waals surface area contributed by atoms with Crippen molar-refractivity contribution < 1.29 is 14.7 Å². The maximum Gasteiger partial charge on any atom is 0.303 e. The number of aliphatic carboxylic acids is 1. The SMILES string of the molecule is N=C(N)c1ccc2[nH]c(Cc3nc4ccccc4n3CCNC(=O)CCC(=O)O)nc2c1. The van der Waals surface area contributed by atoms with Crippen molar-refractivity contribution in [3.63, 3.8) is 0 Å². The monoisotopic (exact) mass is 433 g/mol. The second-order valence-corrected chi connectivity index (χ2v) is 7.42. The van der Waals surface area contributed by atoms with Crippen LogP contribution in [-0.2, 0) is 22.6 Å². The van der Waals surface area contributed by atoms with Gasteiger partial charge in [0.15, 0.2) is 0 Å². The first-order valence-corrected chi connectivity index (χ1v) is 10.2. The van der Waals surface area contributed by atoms with Crippen LogP contribution in [0.4, 0.5) is 0 Å². The fraction of sp³-hybridized carbons (Fsp3) is 0.227. The van der Waals surface area contributed by atoms with E-state index in [1.54, 1.807) is 12.1 Å². The molecule has 4 aromatic rings. The fourth-order valence-corrected chi connectivity index (χ4v) is 3.59. The molecule has 32 heavy (non-hydrogen) atoms. The highest BCUT2D eigenvalue weighted by Crippen LogP contribution is 2.20. The summed E-state index contributed by atoms with van der Waals surface area (Å²) in [6.07, 6.45) is 0.211. The number of H-pyrrole nitrogens is 1. The predicted octanol–water partition coefficient (Wildman–Crippen LogP) is 1.77. The Bertz CT molecular complexity index is 1320. The molecule has 0 radical (unpaired) electrons. The van der Waals surface area contributed by atoms with Crippen LogP contribution in [0.3, 0.4) is 0 Å². The molecule has 0 bridgehead atoms. The summed E-state index contributed by atoms with van der Waals surface area (Å²) in [5, 5.41) is 19.1. The molecule has 6 N–H and O–H groups in total. The number of hydrogen-bond donors (Lipinski definition) is 5. The van der Waals surface area contributed by atoms with Gasteiger partial charge in [-0.25, -0.2) is 9.97 Å². The summed E-state index contributed by atoms with van der Waals surface area (Å²) >= 11 is 0. The van der Waals surface area contributed by atoms with E-state index in [1.807, 2.05) is 34.9 Å². The maximum atomic E-state index is 11.9. The van der Waals surface area contributed by atoms with Gasteiger partial charge < -0.3 is 25.7 Å². The molecule has 0 saturated heterocycles. The molecule has 0 unspecified atom stereocenters. The van der Waals surface area contributed by atoms with Gasteiger partial charge in [-0.2, -0.15) is 0 Å². The molecule has 0 saturated carbocycles. The molecule has 10 heteroatoms. The van der Waals surface area contributed by atoms with Gasteiger partial charge in [0, 0.05) is 25.1 Å². The number of hydrogen-bond acceptors (Lipinski definition) is 5. The van der Waals surface area contributed by atoms with Crippen LogP contribution in [0.15, 0.2) is 42.5 Å². The van der Waals surface area contributed by atoms with Crippen molar-refractivity contribution in [2.45, 2.75) is 25.8 Å². The lowest BCUT2D eigenvalue weighted by molar-refractivity contribution is -0.138. The summed E-state index contributed by atoms with van der Waals surface area (Å²) in [6, 6.07) is 13.1. The second-order valence-electron chi connectivity index (χ2n) is 7.42. The van der Waals surface area contributed by atoms with Crippen molar-refractivity contribution >= 4 is 39.8 Å². The third-order valence-corrected chi connectivity index (χ3v) is 5.13. The van der Waals surface area contributed by atoms with E-state index in [1.165, 1.54) is 0 Å². The number of aromatic nitrogens is 4. The highest BCUT2D eigenvalue weighted by atomic mass is 16.4. The van der Waals surface area contributed by atoms with Gasteiger partial charge in [0.25, 0.3) is 0 Å². The minimum atomic E-state index is -0.996. The highest BCUT2D eigenvalue weighted by molar-refractivity contribution is 5.97.